The third-order valence-corrected chi connectivity index (χ3v) is 5.80. The van der Waals surface area contributed by atoms with Crippen molar-refractivity contribution in [1.82, 2.24) is 4.90 Å². The van der Waals surface area contributed by atoms with Crippen molar-refractivity contribution in [3.05, 3.63) is 22.4 Å². The largest absolute Gasteiger partial charge is 0.451 e. The van der Waals surface area contributed by atoms with Gasteiger partial charge in [-0.1, -0.05) is 6.07 Å². The molecule has 1 aliphatic rings. The summed E-state index contributed by atoms with van der Waals surface area (Å²) in [6, 6.07) is 3.01. The van der Waals surface area contributed by atoms with Crippen LogP contribution in [0.3, 0.4) is 0 Å². The molecule has 0 bridgehead atoms. The van der Waals surface area contributed by atoms with Crippen molar-refractivity contribution >= 4 is 33.1 Å². The third-order valence-electron chi connectivity index (χ3n) is 3.20. The molecular formula is C12H15NO5S2. The first-order valence-corrected chi connectivity index (χ1v) is 8.76. The van der Waals surface area contributed by atoms with E-state index in [1.807, 2.05) is 0 Å². The number of likely N-dealkylation sites (N-methyl/N-ethyl adjacent to an activating group) is 1. The Hall–Kier alpha value is -1.41. The van der Waals surface area contributed by atoms with Crippen LogP contribution in [0.4, 0.5) is 0 Å². The second-order valence-corrected chi connectivity index (χ2v) is 7.79. The SMILES string of the molecule is CN(C(=O)COC(=O)c1cccs1)C1CCS(=O)(=O)C1. The van der Waals surface area contributed by atoms with Crippen LogP contribution < -0.4 is 0 Å². The van der Waals surface area contributed by atoms with Gasteiger partial charge in [0.15, 0.2) is 16.4 Å². The van der Waals surface area contributed by atoms with Crippen LogP contribution in [0.2, 0.25) is 0 Å². The van der Waals surface area contributed by atoms with E-state index in [0.717, 1.165) is 0 Å². The minimum Gasteiger partial charge on any atom is -0.451 e. The molecule has 1 amide bonds. The second-order valence-electron chi connectivity index (χ2n) is 4.61. The van der Waals surface area contributed by atoms with Gasteiger partial charge in [-0.25, -0.2) is 13.2 Å². The molecule has 0 radical (unpaired) electrons. The zero-order valence-electron chi connectivity index (χ0n) is 10.9. The first-order chi connectivity index (χ1) is 9.39. The molecule has 6 nitrogen and oxygen atoms in total. The van der Waals surface area contributed by atoms with Gasteiger partial charge in [0, 0.05) is 13.1 Å². The molecule has 1 saturated heterocycles. The van der Waals surface area contributed by atoms with Gasteiger partial charge < -0.3 is 9.64 Å². The summed E-state index contributed by atoms with van der Waals surface area (Å²) >= 11 is 1.24. The number of carbonyl (C=O) groups is 2. The lowest BCUT2D eigenvalue weighted by molar-refractivity contribution is -0.134. The van der Waals surface area contributed by atoms with E-state index < -0.39 is 21.7 Å². The van der Waals surface area contributed by atoms with E-state index in [2.05, 4.69) is 0 Å². The average molecular weight is 317 g/mol. The van der Waals surface area contributed by atoms with Crippen molar-refractivity contribution in [3.8, 4) is 0 Å². The highest BCUT2D eigenvalue weighted by molar-refractivity contribution is 7.91. The Morgan fingerprint density at radius 2 is 2.25 bits per heavy atom. The van der Waals surface area contributed by atoms with Gasteiger partial charge in [0.25, 0.3) is 5.91 Å². The molecule has 0 spiro atoms. The van der Waals surface area contributed by atoms with E-state index in [-0.39, 0.29) is 24.2 Å². The van der Waals surface area contributed by atoms with Crippen LogP contribution in [0.15, 0.2) is 17.5 Å². The van der Waals surface area contributed by atoms with E-state index in [4.69, 9.17) is 4.74 Å². The molecule has 0 N–H and O–H groups in total. The standard InChI is InChI=1S/C12H15NO5S2/c1-13(9-4-6-20(16,17)8-9)11(14)7-18-12(15)10-3-2-5-19-10/h2-3,5,9H,4,6-8H2,1H3. The van der Waals surface area contributed by atoms with Crippen molar-refractivity contribution in [3.63, 3.8) is 0 Å². The summed E-state index contributed by atoms with van der Waals surface area (Å²) in [7, 11) is -1.51. The van der Waals surface area contributed by atoms with Crippen molar-refractivity contribution in [2.75, 3.05) is 25.2 Å². The number of hydrogen-bond acceptors (Lipinski definition) is 6. The van der Waals surface area contributed by atoms with Crippen LogP contribution in [0, 0.1) is 0 Å². The van der Waals surface area contributed by atoms with Crippen LogP contribution >= 0.6 is 11.3 Å². The number of esters is 1. The normalized spacial score (nSPS) is 20.6. The summed E-state index contributed by atoms with van der Waals surface area (Å²) in [5.74, 6) is -0.851. The molecule has 1 unspecified atom stereocenters. The number of sulfone groups is 1. The van der Waals surface area contributed by atoms with E-state index in [1.54, 1.807) is 17.5 Å². The summed E-state index contributed by atoms with van der Waals surface area (Å²) in [6.07, 6.45) is 0.434. The highest BCUT2D eigenvalue weighted by atomic mass is 32.2. The Kier molecular flexibility index (Phi) is 4.44. The van der Waals surface area contributed by atoms with E-state index in [0.29, 0.717) is 11.3 Å². The lowest BCUT2D eigenvalue weighted by atomic mass is 10.2. The Bertz CT molecular complexity index is 593. The Balaban J connectivity index is 1.84. The topological polar surface area (TPSA) is 80.8 Å². The fourth-order valence-corrected chi connectivity index (χ4v) is 4.37. The maximum absolute atomic E-state index is 11.9. The lowest BCUT2D eigenvalue weighted by Crippen LogP contribution is -2.40. The fourth-order valence-electron chi connectivity index (χ4n) is 1.98. The van der Waals surface area contributed by atoms with Crippen molar-refractivity contribution in [1.29, 1.82) is 0 Å². The smallest absolute Gasteiger partial charge is 0.348 e. The van der Waals surface area contributed by atoms with Crippen LogP contribution in [-0.4, -0.2) is 56.4 Å². The molecule has 110 valence electrons. The maximum atomic E-state index is 11.9. The van der Waals surface area contributed by atoms with Gasteiger partial charge in [-0.2, -0.15) is 0 Å². The second kappa shape index (κ2) is 5.92. The van der Waals surface area contributed by atoms with Gasteiger partial charge in [0.1, 0.15) is 4.88 Å². The van der Waals surface area contributed by atoms with Gasteiger partial charge >= 0.3 is 5.97 Å². The summed E-state index contributed by atoms with van der Waals surface area (Å²) in [5.41, 5.74) is 0. The van der Waals surface area contributed by atoms with E-state index >= 15 is 0 Å². The number of nitrogens with zero attached hydrogens (tertiary/aromatic N) is 1. The minimum absolute atomic E-state index is 0.0197. The maximum Gasteiger partial charge on any atom is 0.348 e. The highest BCUT2D eigenvalue weighted by Crippen LogP contribution is 2.17. The Labute approximate surface area is 121 Å². The van der Waals surface area contributed by atoms with Crippen LogP contribution in [0.25, 0.3) is 0 Å². The number of hydrogen-bond donors (Lipinski definition) is 0. The van der Waals surface area contributed by atoms with E-state index in [9.17, 15) is 18.0 Å². The van der Waals surface area contributed by atoms with E-state index in [1.165, 1.54) is 23.3 Å². The molecule has 0 aromatic carbocycles. The minimum atomic E-state index is -3.04. The molecule has 1 aromatic rings. The molecule has 0 aliphatic carbocycles. The van der Waals surface area contributed by atoms with Crippen molar-refractivity contribution in [2.45, 2.75) is 12.5 Å². The van der Waals surface area contributed by atoms with Crippen LogP contribution in [0.5, 0.6) is 0 Å². The number of thiophene rings is 1. The number of rotatable bonds is 4. The molecule has 0 saturated carbocycles. The number of amides is 1. The molecular weight excluding hydrogens is 302 g/mol. The van der Waals surface area contributed by atoms with Gasteiger partial charge in [0.2, 0.25) is 0 Å². The average Bonchev–Trinajstić information content (AvgIpc) is 3.03. The monoisotopic (exact) mass is 317 g/mol. The summed E-state index contributed by atoms with van der Waals surface area (Å²) < 4.78 is 27.6. The van der Waals surface area contributed by atoms with Gasteiger partial charge in [-0.15, -0.1) is 11.3 Å². The molecule has 1 fully saturated rings. The summed E-state index contributed by atoms with van der Waals surface area (Å²) in [6.45, 7) is -0.371. The molecule has 2 rings (SSSR count). The molecule has 1 aliphatic heterocycles. The highest BCUT2D eigenvalue weighted by Gasteiger charge is 2.32. The predicted molar refractivity (Wildman–Crippen MR) is 74.4 cm³/mol. The lowest BCUT2D eigenvalue weighted by Gasteiger charge is -2.23. The molecule has 1 atom stereocenters. The third kappa shape index (κ3) is 3.57. The fraction of sp³-hybridized carbons (Fsp3) is 0.500. The summed E-state index contributed by atoms with van der Waals surface area (Å²) in [5, 5.41) is 1.74. The van der Waals surface area contributed by atoms with Gasteiger partial charge in [0.05, 0.1) is 11.5 Å². The Morgan fingerprint density at radius 3 is 2.80 bits per heavy atom. The quantitative estimate of drug-likeness (QED) is 0.758. The van der Waals surface area contributed by atoms with Gasteiger partial charge in [-0.05, 0) is 17.9 Å². The first-order valence-electron chi connectivity index (χ1n) is 6.06. The molecule has 2 heterocycles. The zero-order valence-corrected chi connectivity index (χ0v) is 12.6. The van der Waals surface area contributed by atoms with Crippen molar-refractivity contribution < 1.29 is 22.7 Å². The summed E-state index contributed by atoms with van der Waals surface area (Å²) in [4.78, 5) is 25.2. The molecule has 20 heavy (non-hydrogen) atoms. The predicted octanol–water partition coefficient (Wildman–Crippen LogP) is 0.550. The van der Waals surface area contributed by atoms with Crippen molar-refractivity contribution in [2.24, 2.45) is 0 Å². The van der Waals surface area contributed by atoms with Gasteiger partial charge in [-0.3, -0.25) is 4.79 Å². The van der Waals surface area contributed by atoms with Crippen LogP contribution in [-0.2, 0) is 19.4 Å². The zero-order chi connectivity index (χ0) is 14.8. The number of ether oxygens (including phenoxy) is 1. The number of carbonyl (C=O) groups excluding carboxylic acids is 2. The Morgan fingerprint density at radius 1 is 1.50 bits per heavy atom. The van der Waals surface area contributed by atoms with Crippen LogP contribution in [0.1, 0.15) is 16.1 Å². The molecule has 8 heteroatoms. The molecule has 1 aromatic heterocycles. The first kappa shape index (κ1) is 15.0.